The summed E-state index contributed by atoms with van der Waals surface area (Å²) in [6.07, 6.45) is 7.46. The number of allylic oxidation sites excluding steroid dienone is 2. The average Bonchev–Trinajstić information content (AvgIpc) is 3.83. The van der Waals surface area contributed by atoms with Crippen LogP contribution in [-0.4, -0.2) is 56.6 Å². The highest BCUT2D eigenvalue weighted by atomic mass is 127. The van der Waals surface area contributed by atoms with Crippen molar-refractivity contribution in [2.45, 2.75) is 70.8 Å². The first-order valence-electron chi connectivity index (χ1n) is 18.6. The molecule has 280 valence electrons. The predicted octanol–water partition coefficient (Wildman–Crippen LogP) is 8.15. The molecule has 10 nitrogen and oxygen atoms in total. The van der Waals surface area contributed by atoms with Gasteiger partial charge in [0.05, 0.1) is 38.7 Å². The minimum Gasteiger partial charge on any atom is -0.504 e. The molecule has 4 amide bonds. The first-order valence-corrected chi connectivity index (χ1v) is 20.9. The van der Waals surface area contributed by atoms with E-state index in [0.29, 0.717) is 32.1 Å². The Morgan fingerprint density at radius 3 is 2.52 bits per heavy atom. The van der Waals surface area contributed by atoms with E-state index in [2.05, 4.69) is 28.7 Å². The third-order valence-electron chi connectivity index (χ3n) is 13.1. The second-order valence-corrected chi connectivity index (χ2v) is 18.4. The number of hydrogen-bond donors (Lipinski definition) is 1. The van der Waals surface area contributed by atoms with Crippen LogP contribution in [0, 0.1) is 39.6 Å². The fourth-order valence-electron chi connectivity index (χ4n) is 10.5. The van der Waals surface area contributed by atoms with Crippen molar-refractivity contribution < 1.29 is 29.0 Å². The zero-order valence-electron chi connectivity index (χ0n) is 30.4. The number of carbonyl (C=O) groups is 4. The van der Waals surface area contributed by atoms with Gasteiger partial charge in [-0.25, -0.2) is 4.90 Å². The number of hydrogen-bond acceptors (Lipinski definition) is 8. The number of halogens is 2. The number of rotatable bonds is 5. The summed E-state index contributed by atoms with van der Waals surface area (Å²) < 4.78 is 8.79. The third kappa shape index (κ3) is 5.04. The molecule has 2 saturated heterocycles. The molecule has 9 rings (SSSR count). The van der Waals surface area contributed by atoms with Crippen molar-refractivity contribution in [2.24, 2.45) is 36.1 Å². The van der Waals surface area contributed by atoms with Crippen LogP contribution >= 0.6 is 45.5 Å². The second-order valence-electron chi connectivity index (χ2n) is 15.8. The summed E-state index contributed by atoms with van der Waals surface area (Å²) in [6.45, 7) is 3.89. The van der Waals surface area contributed by atoms with Crippen LogP contribution in [0.4, 0.5) is 5.82 Å². The molecule has 0 bridgehead atoms. The lowest BCUT2D eigenvalue weighted by Crippen LogP contribution is -2.49. The topological polar surface area (TPSA) is 122 Å². The van der Waals surface area contributed by atoms with Crippen molar-refractivity contribution in [3.05, 3.63) is 67.8 Å². The van der Waals surface area contributed by atoms with E-state index in [9.17, 15) is 19.5 Å². The van der Waals surface area contributed by atoms with Gasteiger partial charge in [-0.15, -0.1) is 11.3 Å². The van der Waals surface area contributed by atoms with Gasteiger partial charge in [0.25, 0.3) is 0 Å². The van der Waals surface area contributed by atoms with Crippen LogP contribution in [0.5, 0.6) is 11.5 Å². The normalized spacial score (nSPS) is 28.5. The molecule has 4 heterocycles. The van der Waals surface area contributed by atoms with Crippen LogP contribution in [-0.2, 0) is 26.2 Å². The first-order chi connectivity index (χ1) is 25.8. The molecule has 1 N–H and O–H groups in total. The van der Waals surface area contributed by atoms with Crippen molar-refractivity contribution in [3.63, 3.8) is 0 Å². The Balaban J connectivity index is 1.16. The van der Waals surface area contributed by atoms with Crippen LogP contribution in [0.2, 0.25) is 5.02 Å². The van der Waals surface area contributed by atoms with E-state index >= 15 is 4.79 Å². The molecule has 0 unspecified atom stereocenters. The summed E-state index contributed by atoms with van der Waals surface area (Å²) in [7, 11) is 3.22. The maximum Gasteiger partial charge on any atom is 0.242 e. The van der Waals surface area contributed by atoms with Gasteiger partial charge < -0.3 is 9.84 Å². The number of aromatic hydroxyl groups is 1. The quantitative estimate of drug-likeness (QED) is 0.122. The number of thiophene rings is 1. The number of nitrogens with zero attached hydrogens (tertiary/aromatic N) is 4. The number of likely N-dealkylation sites (tertiary alicyclic amines) is 1. The van der Waals surface area contributed by atoms with Gasteiger partial charge in [-0.1, -0.05) is 42.5 Å². The van der Waals surface area contributed by atoms with Crippen molar-refractivity contribution in [2.75, 3.05) is 12.0 Å². The molecule has 2 aromatic carbocycles. The number of imide groups is 2. The van der Waals surface area contributed by atoms with Gasteiger partial charge in [-0.2, -0.15) is 5.10 Å². The summed E-state index contributed by atoms with van der Waals surface area (Å²) >= 11 is 9.97. The maximum atomic E-state index is 15.2. The van der Waals surface area contributed by atoms with Crippen molar-refractivity contribution in [1.82, 2.24) is 14.7 Å². The van der Waals surface area contributed by atoms with Crippen molar-refractivity contribution >= 4 is 85.1 Å². The highest BCUT2D eigenvalue weighted by Crippen LogP contribution is 2.64. The van der Waals surface area contributed by atoms with E-state index in [1.54, 1.807) is 40.1 Å². The number of phenols is 1. The summed E-state index contributed by atoms with van der Waals surface area (Å²) in [6, 6.07) is 11.1. The minimum atomic E-state index is -1.25. The van der Waals surface area contributed by atoms with Crippen molar-refractivity contribution in [3.8, 4) is 22.1 Å². The lowest BCUT2D eigenvalue weighted by molar-refractivity contribution is -0.144. The third-order valence-corrected chi connectivity index (χ3v) is 15.4. The number of fused-ring (bicyclic) bond motifs is 5. The molecule has 5 aliphatic rings. The van der Waals surface area contributed by atoms with E-state index in [4.69, 9.17) is 21.4 Å². The van der Waals surface area contributed by atoms with Gasteiger partial charge in [0.1, 0.15) is 11.5 Å². The van der Waals surface area contributed by atoms with E-state index in [-0.39, 0.29) is 47.6 Å². The summed E-state index contributed by atoms with van der Waals surface area (Å²) in [5.74, 6) is -3.24. The highest BCUT2D eigenvalue weighted by Gasteiger charge is 2.68. The Hall–Kier alpha value is -3.75. The molecule has 13 heteroatoms. The molecule has 2 saturated carbocycles. The van der Waals surface area contributed by atoms with Crippen LogP contribution in [0.3, 0.4) is 0 Å². The largest absolute Gasteiger partial charge is 0.504 e. The molecule has 3 aliphatic carbocycles. The molecule has 2 aromatic heterocycles. The van der Waals surface area contributed by atoms with Gasteiger partial charge in [0.2, 0.25) is 23.6 Å². The number of anilines is 1. The monoisotopic (exact) mass is 878 g/mol. The zero-order valence-corrected chi connectivity index (χ0v) is 34.1. The number of methoxy groups -OCH3 is 1. The lowest BCUT2D eigenvalue weighted by Gasteiger charge is -2.49. The minimum absolute atomic E-state index is 0.00930. The average molecular weight is 879 g/mol. The Kier molecular flexibility index (Phi) is 8.59. The molecule has 54 heavy (non-hydrogen) atoms. The molecule has 6 atom stereocenters. The van der Waals surface area contributed by atoms with E-state index in [1.165, 1.54) is 12.0 Å². The number of amides is 4. The highest BCUT2D eigenvalue weighted by molar-refractivity contribution is 14.1. The molecule has 4 fully saturated rings. The number of ether oxygens (including phenoxy) is 1. The summed E-state index contributed by atoms with van der Waals surface area (Å²) in [5, 5.41) is 17.3. The Morgan fingerprint density at radius 2 is 1.78 bits per heavy atom. The van der Waals surface area contributed by atoms with E-state index < -0.39 is 35.0 Å². The summed E-state index contributed by atoms with van der Waals surface area (Å²) in [5.41, 5.74) is 2.03. The van der Waals surface area contributed by atoms with Gasteiger partial charge in [0, 0.05) is 34.8 Å². The number of carbonyl (C=O) groups excluding carboxylic acids is 4. The Labute approximate surface area is 335 Å². The Bertz CT molecular complexity index is 2350. The van der Waals surface area contributed by atoms with E-state index in [0.717, 1.165) is 58.2 Å². The molecular formula is C41H40ClIN4O6S. The van der Waals surface area contributed by atoms with Gasteiger partial charge >= 0.3 is 0 Å². The standard InChI is InChI=1S/C41H40ClIN4O6S/c1-19-25-16-21(42)10-13-31(25)54-36(19)29-18-32(45(3)44-29)47-38(50)27-17-26-23(11-12-24-33(26)39(51)46(37(24)49)22-8-6-5-7-9-22)34(41(27,2)40(47)52)20-14-28(43)35(48)30(15-20)53-4/h10-11,13-16,18,22,24,26-27,33-34,48H,5-9,12,17H2,1-4H3/t24-,26+,27-,33-,34-,41+/m0/s1. The SMILES string of the molecule is COc1cc([C@H]2C3=CC[C@@H]4C(=O)N(C5CCCCC5)C(=O)[C@@H]4[C@@H]3C[C@H]3C(=O)N(c4cc(-c5sc6ccc(Cl)cc6c5C)nn4C)C(=O)[C@@]23C)cc(I)c1O. The summed E-state index contributed by atoms with van der Waals surface area (Å²) in [4.78, 5) is 62.4. The van der Waals surface area contributed by atoms with Crippen LogP contribution < -0.4 is 9.64 Å². The van der Waals surface area contributed by atoms with Gasteiger partial charge in [-0.3, -0.25) is 28.8 Å². The maximum absolute atomic E-state index is 15.2. The number of phenolic OH excluding ortho intramolecular Hbond substituents is 1. The van der Waals surface area contributed by atoms with E-state index in [1.807, 2.05) is 38.1 Å². The fourth-order valence-corrected chi connectivity index (χ4v) is 12.4. The zero-order chi connectivity index (χ0) is 38.0. The fraction of sp³-hybridized carbons (Fsp3) is 0.439. The molecular weight excluding hydrogens is 839 g/mol. The lowest BCUT2D eigenvalue weighted by atomic mass is 9.51. The van der Waals surface area contributed by atoms with Gasteiger partial charge in [0.15, 0.2) is 11.5 Å². The smallest absolute Gasteiger partial charge is 0.242 e. The number of aromatic nitrogens is 2. The second kappa shape index (κ2) is 12.9. The number of benzene rings is 2. The van der Waals surface area contributed by atoms with Gasteiger partial charge in [-0.05, 0) is 115 Å². The van der Waals surface area contributed by atoms with Crippen LogP contribution in [0.25, 0.3) is 20.7 Å². The van der Waals surface area contributed by atoms with Crippen molar-refractivity contribution in [1.29, 1.82) is 0 Å². The molecule has 2 aliphatic heterocycles. The first kappa shape index (κ1) is 35.9. The van der Waals surface area contributed by atoms with Crippen LogP contribution in [0.15, 0.2) is 48.0 Å². The van der Waals surface area contributed by atoms with Crippen LogP contribution in [0.1, 0.15) is 68.9 Å². The molecule has 0 radical (unpaired) electrons. The predicted molar refractivity (Wildman–Crippen MR) is 214 cm³/mol. The molecule has 0 spiro atoms. The molecule has 4 aromatic rings. The number of aryl methyl sites for hydroxylation is 2. The Morgan fingerprint density at radius 1 is 1.02 bits per heavy atom.